The highest BCUT2D eigenvalue weighted by Gasteiger charge is 2.38. The summed E-state index contributed by atoms with van der Waals surface area (Å²) in [5, 5.41) is 17.0. The molecule has 2 aromatic heterocycles. The molecule has 1 atom stereocenters. The number of aromatic nitrogens is 4. The van der Waals surface area contributed by atoms with Crippen molar-refractivity contribution in [2.24, 2.45) is 5.92 Å². The zero-order valence-corrected chi connectivity index (χ0v) is 19.4. The fourth-order valence-electron chi connectivity index (χ4n) is 3.82. The lowest BCUT2D eigenvalue weighted by Crippen LogP contribution is -2.43. The number of carbonyl (C=O) groups is 3. The quantitative estimate of drug-likeness (QED) is 0.483. The Morgan fingerprint density at radius 2 is 1.89 bits per heavy atom. The van der Waals surface area contributed by atoms with Crippen molar-refractivity contribution in [1.82, 2.24) is 30.6 Å². The van der Waals surface area contributed by atoms with Gasteiger partial charge in [-0.1, -0.05) is 0 Å². The maximum Gasteiger partial charge on any atom is 0.432 e. The second kappa shape index (κ2) is 8.89. The summed E-state index contributed by atoms with van der Waals surface area (Å²) in [6.45, 7) is 5.56. The highest BCUT2D eigenvalue weighted by atomic mass is 19.4. The van der Waals surface area contributed by atoms with Crippen LogP contribution in [0.25, 0.3) is 0 Å². The van der Waals surface area contributed by atoms with Crippen LogP contribution in [0.2, 0.25) is 0 Å². The van der Waals surface area contributed by atoms with E-state index in [1.54, 1.807) is 20.8 Å². The van der Waals surface area contributed by atoms with Gasteiger partial charge in [0.25, 0.3) is 5.91 Å². The summed E-state index contributed by atoms with van der Waals surface area (Å²) in [5.74, 6) is -1.06. The molecule has 1 fully saturated rings. The molecule has 2 aromatic rings. The summed E-state index contributed by atoms with van der Waals surface area (Å²) in [5.41, 5.74) is -0.747. The van der Waals surface area contributed by atoms with E-state index in [0.29, 0.717) is 17.3 Å². The van der Waals surface area contributed by atoms with Gasteiger partial charge in [-0.05, 0) is 39.5 Å². The summed E-state index contributed by atoms with van der Waals surface area (Å²) >= 11 is 0. The lowest BCUT2D eigenvalue weighted by atomic mass is 10.1. The van der Waals surface area contributed by atoms with Gasteiger partial charge in [0, 0.05) is 24.1 Å². The van der Waals surface area contributed by atoms with E-state index in [9.17, 15) is 27.6 Å². The van der Waals surface area contributed by atoms with Crippen molar-refractivity contribution in [2.75, 3.05) is 5.32 Å². The number of aromatic amines is 2. The first-order valence-corrected chi connectivity index (χ1v) is 11.1. The molecule has 0 spiro atoms. The van der Waals surface area contributed by atoms with Crippen LogP contribution < -0.4 is 10.6 Å². The Morgan fingerprint density at radius 3 is 2.49 bits per heavy atom. The van der Waals surface area contributed by atoms with E-state index in [2.05, 4.69) is 25.9 Å². The molecule has 1 saturated carbocycles. The van der Waals surface area contributed by atoms with Gasteiger partial charge in [0.05, 0.1) is 18.8 Å². The number of ether oxygens (including phenoxy) is 1. The molecule has 1 unspecified atom stereocenters. The van der Waals surface area contributed by atoms with Crippen LogP contribution in [0.4, 0.5) is 23.8 Å². The molecule has 0 radical (unpaired) electrons. The number of anilines is 1. The number of alkyl carbamates (subject to hydrolysis) is 1. The standard InChI is InChI=1S/C21H26F3N7O4/c1-20(2,3)35-19(34)25-12(10-4-5-10)6-16(32)31-8-11-13(9-31)27-30-17(11)18(33)26-15-7-14(28-29-15)21(22,23)24/h7,10,12H,4-6,8-9H2,1-3H3,(H,25,34)(H,27,30)(H2,26,28,29,33). The highest BCUT2D eigenvalue weighted by Crippen LogP contribution is 2.35. The predicted octanol–water partition coefficient (Wildman–Crippen LogP) is 2.94. The molecule has 3 amide bonds. The molecule has 1 aliphatic carbocycles. The van der Waals surface area contributed by atoms with E-state index >= 15 is 0 Å². The maximum absolute atomic E-state index is 13.0. The predicted molar refractivity (Wildman–Crippen MR) is 115 cm³/mol. The topological polar surface area (TPSA) is 145 Å². The second-order valence-electron chi connectivity index (χ2n) is 9.69. The molecule has 4 rings (SSSR count). The van der Waals surface area contributed by atoms with Gasteiger partial charge in [-0.25, -0.2) is 4.79 Å². The van der Waals surface area contributed by atoms with Gasteiger partial charge in [-0.3, -0.25) is 19.8 Å². The number of amides is 3. The van der Waals surface area contributed by atoms with Crippen LogP contribution in [-0.4, -0.2) is 54.8 Å². The molecule has 0 saturated heterocycles. The van der Waals surface area contributed by atoms with Crippen LogP contribution >= 0.6 is 0 Å². The van der Waals surface area contributed by atoms with Crippen molar-refractivity contribution in [3.63, 3.8) is 0 Å². The number of carbonyl (C=O) groups excluding carboxylic acids is 3. The van der Waals surface area contributed by atoms with E-state index in [1.165, 1.54) is 4.90 Å². The maximum atomic E-state index is 13.0. The number of rotatable bonds is 6. The summed E-state index contributed by atoms with van der Waals surface area (Å²) in [6, 6.07) is 0.315. The molecule has 4 N–H and O–H groups in total. The zero-order chi connectivity index (χ0) is 25.5. The lowest BCUT2D eigenvalue weighted by molar-refractivity contribution is -0.141. The first-order chi connectivity index (χ1) is 16.3. The number of H-pyrrole nitrogens is 2. The van der Waals surface area contributed by atoms with Crippen LogP contribution in [-0.2, 0) is 28.8 Å². The molecule has 3 heterocycles. The van der Waals surface area contributed by atoms with Crippen molar-refractivity contribution in [3.8, 4) is 0 Å². The van der Waals surface area contributed by atoms with E-state index in [1.807, 2.05) is 5.10 Å². The lowest BCUT2D eigenvalue weighted by Gasteiger charge is -2.25. The van der Waals surface area contributed by atoms with Crippen LogP contribution in [0.1, 0.15) is 67.5 Å². The van der Waals surface area contributed by atoms with E-state index < -0.39 is 29.5 Å². The Labute approximate surface area is 198 Å². The summed E-state index contributed by atoms with van der Waals surface area (Å²) in [7, 11) is 0. The molecule has 11 nitrogen and oxygen atoms in total. The highest BCUT2D eigenvalue weighted by molar-refractivity contribution is 6.03. The number of hydrogen-bond donors (Lipinski definition) is 4. The van der Waals surface area contributed by atoms with Crippen molar-refractivity contribution >= 4 is 23.7 Å². The fourth-order valence-corrected chi connectivity index (χ4v) is 3.82. The molecule has 2 aliphatic rings. The van der Waals surface area contributed by atoms with Gasteiger partial charge in [0.1, 0.15) is 11.3 Å². The molecular weight excluding hydrogens is 471 g/mol. The van der Waals surface area contributed by atoms with Gasteiger partial charge in [-0.15, -0.1) is 0 Å². The molecular formula is C21H26F3N7O4. The third-order valence-corrected chi connectivity index (χ3v) is 5.63. The Morgan fingerprint density at radius 1 is 1.17 bits per heavy atom. The van der Waals surface area contributed by atoms with Crippen LogP contribution in [0.15, 0.2) is 6.07 Å². The molecule has 1 aliphatic heterocycles. The number of halogens is 3. The average Bonchev–Trinajstić information content (AvgIpc) is 3.12. The van der Waals surface area contributed by atoms with Gasteiger partial charge in [-0.2, -0.15) is 23.4 Å². The Kier molecular flexibility index (Phi) is 6.23. The first kappa shape index (κ1) is 24.5. The first-order valence-electron chi connectivity index (χ1n) is 11.1. The van der Waals surface area contributed by atoms with Crippen LogP contribution in [0.5, 0.6) is 0 Å². The summed E-state index contributed by atoms with van der Waals surface area (Å²) < 4.78 is 43.5. The van der Waals surface area contributed by atoms with Gasteiger partial charge < -0.3 is 20.3 Å². The molecule has 35 heavy (non-hydrogen) atoms. The average molecular weight is 497 g/mol. The minimum Gasteiger partial charge on any atom is -0.444 e. The molecule has 0 bridgehead atoms. The third-order valence-electron chi connectivity index (χ3n) is 5.63. The van der Waals surface area contributed by atoms with Crippen LogP contribution in [0.3, 0.4) is 0 Å². The zero-order valence-electron chi connectivity index (χ0n) is 19.4. The smallest absolute Gasteiger partial charge is 0.432 e. The monoisotopic (exact) mass is 497 g/mol. The minimum absolute atomic E-state index is 0.0301. The molecule has 190 valence electrons. The summed E-state index contributed by atoms with van der Waals surface area (Å²) in [4.78, 5) is 39.3. The fraction of sp³-hybridized carbons (Fsp3) is 0.571. The van der Waals surface area contributed by atoms with Crippen molar-refractivity contribution in [3.05, 3.63) is 28.7 Å². The van der Waals surface area contributed by atoms with E-state index in [-0.39, 0.29) is 48.9 Å². The third kappa shape index (κ3) is 5.92. The summed E-state index contributed by atoms with van der Waals surface area (Å²) in [6.07, 6.45) is -3.31. The van der Waals surface area contributed by atoms with Crippen molar-refractivity contribution < 1.29 is 32.3 Å². The van der Waals surface area contributed by atoms with Gasteiger partial charge in [0.15, 0.2) is 11.5 Å². The van der Waals surface area contributed by atoms with Gasteiger partial charge >= 0.3 is 12.3 Å². The van der Waals surface area contributed by atoms with Crippen molar-refractivity contribution in [1.29, 1.82) is 0 Å². The van der Waals surface area contributed by atoms with Crippen molar-refractivity contribution in [2.45, 2.75) is 70.9 Å². The Bertz CT molecular complexity index is 1130. The van der Waals surface area contributed by atoms with Gasteiger partial charge in [0.2, 0.25) is 5.91 Å². The van der Waals surface area contributed by atoms with Crippen LogP contribution in [0, 0.1) is 5.92 Å². The normalized spacial score (nSPS) is 16.6. The van der Waals surface area contributed by atoms with E-state index in [0.717, 1.165) is 12.8 Å². The Hall–Kier alpha value is -3.58. The number of nitrogens with zero attached hydrogens (tertiary/aromatic N) is 3. The Balaban J connectivity index is 1.36. The molecule has 0 aromatic carbocycles. The minimum atomic E-state index is -4.62. The molecule has 14 heteroatoms. The number of alkyl halides is 3. The number of hydrogen-bond acceptors (Lipinski definition) is 6. The largest absolute Gasteiger partial charge is 0.444 e. The number of fused-ring (bicyclic) bond motifs is 1. The second-order valence-corrected chi connectivity index (χ2v) is 9.69. The van der Waals surface area contributed by atoms with E-state index in [4.69, 9.17) is 4.74 Å². The SMILES string of the molecule is CC(C)(C)OC(=O)NC(CC(=O)N1Cc2[nH]nc(C(=O)Nc3cc(C(F)(F)F)[nH]n3)c2C1)C1CC1. The number of nitrogens with one attached hydrogen (secondary N) is 4.